The molecular formula is C28H32O16. The molecule has 2 aromatic carbocycles. The third-order valence-corrected chi connectivity index (χ3v) is 7.73. The Hall–Kier alpha value is -3.55. The van der Waals surface area contributed by atoms with Gasteiger partial charge in [-0.15, -0.1) is 0 Å². The number of hydrogen-bond donors (Lipinski definition) is 10. The zero-order chi connectivity index (χ0) is 32.0. The van der Waals surface area contributed by atoms with Crippen LogP contribution in [0.25, 0.3) is 22.3 Å². The van der Waals surface area contributed by atoms with E-state index >= 15 is 0 Å². The molecule has 0 unspecified atom stereocenters. The van der Waals surface area contributed by atoms with Gasteiger partial charge in [-0.05, 0) is 18.2 Å². The van der Waals surface area contributed by atoms with Gasteiger partial charge in [0.2, 0.25) is 6.29 Å². The van der Waals surface area contributed by atoms with E-state index in [1.807, 2.05) is 0 Å². The van der Waals surface area contributed by atoms with Crippen molar-refractivity contribution in [1.29, 1.82) is 0 Å². The van der Waals surface area contributed by atoms with Crippen molar-refractivity contribution in [2.75, 3.05) is 20.3 Å². The molecule has 2 aliphatic heterocycles. The van der Waals surface area contributed by atoms with Crippen molar-refractivity contribution in [3.05, 3.63) is 46.1 Å². The van der Waals surface area contributed by atoms with E-state index in [1.54, 1.807) is 0 Å². The van der Waals surface area contributed by atoms with E-state index < -0.39 is 102 Å². The van der Waals surface area contributed by atoms with E-state index in [0.717, 1.165) is 12.1 Å². The lowest BCUT2D eigenvalue weighted by Gasteiger charge is -2.40. The molecule has 2 aliphatic rings. The van der Waals surface area contributed by atoms with Crippen LogP contribution in [-0.2, 0) is 9.47 Å². The Bertz CT molecular complexity index is 1550. The minimum absolute atomic E-state index is 0.0168. The number of hydrogen-bond acceptors (Lipinski definition) is 16. The number of aromatic hydroxyl groups is 2. The Morgan fingerprint density at radius 1 is 0.773 bits per heavy atom. The molecule has 16 heteroatoms. The van der Waals surface area contributed by atoms with E-state index in [-0.39, 0.29) is 28.4 Å². The van der Waals surface area contributed by atoms with Crippen molar-refractivity contribution in [2.45, 2.75) is 61.2 Å². The largest absolute Gasteiger partial charge is 0.507 e. The molecule has 5 rings (SSSR count). The van der Waals surface area contributed by atoms with Gasteiger partial charge in [0.15, 0.2) is 16.9 Å². The third kappa shape index (κ3) is 5.45. The van der Waals surface area contributed by atoms with Crippen LogP contribution in [0, 0.1) is 0 Å². The first-order valence-electron chi connectivity index (χ1n) is 13.4. The van der Waals surface area contributed by atoms with E-state index in [0.29, 0.717) is 0 Å². The topological polar surface area (TPSA) is 269 Å². The molecule has 0 aliphatic carbocycles. The number of fused-ring (bicyclic) bond motifs is 1. The van der Waals surface area contributed by atoms with Crippen LogP contribution in [0.2, 0.25) is 0 Å². The molecule has 2 fully saturated rings. The van der Waals surface area contributed by atoms with Crippen molar-refractivity contribution < 1.29 is 74.4 Å². The van der Waals surface area contributed by atoms with Crippen LogP contribution in [0.4, 0.5) is 0 Å². The molecule has 3 aromatic rings. The number of benzene rings is 2. The maximum atomic E-state index is 13.2. The molecule has 44 heavy (non-hydrogen) atoms. The second-order valence-corrected chi connectivity index (χ2v) is 10.4. The Balaban J connectivity index is 1.48. The maximum absolute atomic E-state index is 13.2. The summed E-state index contributed by atoms with van der Waals surface area (Å²) >= 11 is 0. The number of aliphatic hydroxyl groups is 8. The molecule has 0 amide bonds. The fraction of sp³-hybridized carbons (Fsp3) is 0.464. The summed E-state index contributed by atoms with van der Waals surface area (Å²) < 4.78 is 27.6. The predicted molar refractivity (Wildman–Crippen MR) is 145 cm³/mol. The van der Waals surface area contributed by atoms with Gasteiger partial charge >= 0.3 is 0 Å². The van der Waals surface area contributed by atoms with Crippen molar-refractivity contribution in [3.8, 4) is 34.3 Å². The normalized spacial score (nSPS) is 32.5. The zero-order valence-electron chi connectivity index (χ0n) is 23.0. The summed E-state index contributed by atoms with van der Waals surface area (Å²) in [5.41, 5.74) is -1.24. The third-order valence-electron chi connectivity index (χ3n) is 7.73. The van der Waals surface area contributed by atoms with Gasteiger partial charge < -0.3 is 74.4 Å². The summed E-state index contributed by atoms with van der Waals surface area (Å²) in [6.45, 7) is -1.41. The lowest BCUT2D eigenvalue weighted by Crippen LogP contribution is -2.60. The summed E-state index contributed by atoms with van der Waals surface area (Å²) in [5.74, 6) is -1.46. The zero-order valence-corrected chi connectivity index (χ0v) is 23.0. The average Bonchev–Trinajstić information content (AvgIpc) is 3.00. The fourth-order valence-corrected chi connectivity index (χ4v) is 5.28. The summed E-state index contributed by atoms with van der Waals surface area (Å²) in [6.07, 6.45) is -15.9. The number of phenols is 2. The smallest absolute Gasteiger partial charge is 0.229 e. The van der Waals surface area contributed by atoms with Gasteiger partial charge in [-0.25, -0.2) is 0 Å². The number of methoxy groups -OCH3 is 1. The molecule has 10 N–H and O–H groups in total. The fourth-order valence-electron chi connectivity index (χ4n) is 5.28. The van der Waals surface area contributed by atoms with Gasteiger partial charge in [0.1, 0.15) is 83.2 Å². The molecule has 240 valence electrons. The van der Waals surface area contributed by atoms with Crippen LogP contribution in [0.1, 0.15) is 11.7 Å². The molecule has 1 aromatic heterocycles. The molecule has 0 radical (unpaired) electrons. The number of phenolic OH excluding ortho intramolecular Hbond substituents is 2. The molecule has 16 nitrogen and oxygen atoms in total. The van der Waals surface area contributed by atoms with Crippen molar-refractivity contribution in [2.24, 2.45) is 0 Å². The first-order valence-corrected chi connectivity index (χ1v) is 13.4. The minimum atomic E-state index is -1.84. The number of aliphatic hydroxyl groups excluding tert-OH is 8. The number of rotatable bonds is 7. The van der Waals surface area contributed by atoms with Gasteiger partial charge in [0.25, 0.3) is 0 Å². The molecule has 0 spiro atoms. The molecule has 0 saturated carbocycles. The van der Waals surface area contributed by atoms with Crippen LogP contribution >= 0.6 is 0 Å². The van der Waals surface area contributed by atoms with Crippen molar-refractivity contribution in [3.63, 3.8) is 0 Å². The lowest BCUT2D eigenvalue weighted by molar-refractivity contribution is -0.277. The van der Waals surface area contributed by atoms with E-state index in [4.69, 9.17) is 23.4 Å². The Kier molecular flexibility index (Phi) is 9.01. The summed E-state index contributed by atoms with van der Waals surface area (Å²) in [6, 6.07) is 6.23. The molecule has 0 bridgehead atoms. The maximum Gasteiger partial charge on any atom is 0.229 e. The van der Waals surface area contributed by atoms with Gasteiger partial charge in [0.05, 0.1) is 25.9 Å². The van der Waals surface area contributed by atoms with E-state index in [9.17, 15) is 55.9 Å². The molecule has 2 saturated heterocycles. The first kappa shape index (κ1) is 31.9. The van der Waals surface area contributed by atoms with Crippen molar-refractivity contribution >= 4 is 11.0 Å². The highest BCUT2D eigenvalue weighted by atomic mass is 16.7. The molecule has 10 atom stereocenters. The monoisotopic (exact) mass is 624 g/mol. The van der Waals surface area contributed by atoms with Gasteiger partial charge in [0, 0.05) is 17.7 Å². The van der Waals surface area contributed by atoms with Gasteiger partial charge in [-0.1, -0.05) is 0 Å². The SMILES string of the molecule is COc1cc(-c2cc(=O)c3c(O)c([C@@H]4O[C@H](CO)[C@@H](O)[C@H](O)[C@@H]4O)c(O)cc3o2)ccc1O[C@@H]1O[C@H](CO)[C@@H](O)[C@H](O)[C@H]1O. The highest BCUT2D eigenvalue weighted by molar-refractivity contribution is 5.88. The first-order chi connectivity index (χ1) is 20.9. The Morgan fingerprint density at radius 2 is 1.41 bits per heavy atom. The molecular weight excluding hydrogens is 592 g/mol. The second kappa shape index (κ2) is 12.4. The van der Waals surface area contributed by atoms with Crippen LogP contribution in [0.5, 0.6) is 23.0 Å². The van der Waals surface area contributed by atoms with Gasteiger partial charge in [-0.3, -0.25) is 4.79 Å². The standard InChI is InChI=1S/C28H32O16/c1-40-14-4-9(2-3-12(14)43-28-26(39)24(37)21(34)17(8-30)44-28)13-5-10(31)18-15(41-13)6-11(32)19(22(18)35)27-25(38)23(36)20(33)16(7-29)42-27/h2-6,16-17,20-21,23-30,32-39H,7-8H2,1H3/t16-,17-,20-,21-,23+,24+,25+,26-,27+,28-/m1/s1. The highest BCUT2D eigenvalue weighted by Crippen LogP contribution is 2.45. The van der Waals surface area contributed by atoms with Gasteiger partial charge in [-0.2, -0.15) is 0 Å². The number of ether oxygens (including phenoxy) is 4. The Morgan fingerprint density at radius 3 is 2.05 bits per heavy atom. The van der Waals surface area contributed by atoms with Crippen LogP contribution in [0.15, 0.2) is 39.5 Å². The summed E-state index contributed by atoms with van der Waals surface area (Å²) in [7, 11) is 1.30. The quantitative estimate of drug-likeness (QED) is 0.131. The van der Waals surface area contributed by atoms with Crippen LogP contribution in [0.3, 0.4) is 0 Å². The Labute approximate surface area is 247 Å². The van der Waals surface area contributed by atoms with E-state index in [1.165, 1.54) is 25.3 Å². The highest BCUT2D eigenvalue weighted by Gasteiger charge is 2.47. The molecule has 3 heterocycles. The van der Waals surface area contributed by atoms with Crippen LogP contribution < -0.4 is 14.9 Å². The summed E-state index contributed by atoms with van der Waals surface area (Å²) in [5, 5.41) is 101. The van der Waals surface area contributed by atoms with E-state index in [2.05, 4.69) is 0 Å². The second-order valence-electron chi connectivity index (χ2n) is 10.4. The average molecular weight is 625 g/mol. The minimum Gasteiger partial charge on any atom is -0.507 e. The van der Waals surface area contributed by atoms with Crippen LogP contribution in [-0.4, -0.2) is 127 Å². The lowest BCUT2D eigenvalue weighted by atomic mass is 9.89. The predicted octanol–water partition coefficient (Wildman–Crippen LogP) is -2.43. The van der Waals surface area contributed by atoms with Crippen molar-refractivity contribution in [1.82, 2.24) is 0 Å². The summed E-state index contributed by atoms with van der Waals surface area (Å²) in [4.78, 5) is 13.2.